The van der Waals surface area contributed by atoms with E-state index in [0.717, 1.165) is 6.42 Å². The number of halogens is 1. The number of rotatable bonds is 6. The van der Waals surface area contributed by atoms with Crippen molar-refractivity contribution in [3.05, 3.63) is 28.8 Å². The molecule has 1 atom stereocenters. The maximum Gasteiger partial charge on any atom is 0.255 e. The lowest BCUT2D eigenvalue weighted by Crippen LogP contribution is -2.44. The Kier molecular flexibility index (Phi) is 6.11. The molecule has 1 unspecified atom stereocenters. The van der Waals surface area contributed by atoms with E-state index in [1.54, 1.807) is 12.1 Å². The molecule has 0 aliphatic rings. The van der Waals surface area contributed by atoms with Crippen molar-refractivity contribution in [2.24, 2.45) is 10.9 Å². The van der Waals surface area contributed by atoms with Crippen molar-refractivity contribution in [2.75, 3.05) is 7.11 Å². The second-order valence-corrected chi connectivity index (χ2v) is 4.62. The van der Waals surface area contributed by atoms with Crippen molar-refractivity contribution in [3.63, 3.8) is 0 Å². The topological polar surface area (TPSA) is 96.9 Å². The van der Waals surface area contributed by atoms with E-state index in [-0.39, 0.29) is 5.84 Å². The zero-order valence-corrected chi connectivity index (χ0v) is 12.1. The number of amidine groups is 1. The molecule has 0 fully saturated rings. The van der Waals surface area contributed by atoms with Gasteiger partial charge in [-0.25, -0.2) is 0 Å². The number of methoxy groups -OCH3 is 1. The van der Waals surface area contributed by atoms with Gasteiger partial charge in [0.15, 0.2) is 5.84 Å². The molecule has 1 aromatic rings. The SMILES string of the molecule is CCCC(NC(=O)c1cc(Cl)ccc1OC)/C(N)=N/O. The predicted octanol–water partition coefficient (Wildman–Crippen LogP) is 1.99. The number of ether oxygens (including phenoxy) is 1. The van der Waals surface area contributed by atoms with Gasteiger partial charge in [0, 0.05) is 5.02 Å². The summed E-state index contributed by atoms with van der Waals surface area (Å²) in [5.74, 6) is -0.0303. The highest BCUT2D eigenvalue weighted by Crippen LogP contribution is 2.22. The molecule has 1 aromatic carbocycles. The first kappa shape index (κ1) is 16.1. The van der Waals surface area contributed by atoms with Crippen LogP contribution in [0.25, 0.3) is 0 Å². The highest BCUT2D eigenvalue weighted by molar-refractivity contribution is 6.31. The van der Waals surface area contributed by atoms with Crippen LogP contribution < -0.4 is 15.8 Å². The Balaban J connectivity index is 2.97. The van der Waals surface area contributed by atoms with Crippen molar-refractivity contribution in [1.29, 1.82) is 0 Å². The van der Waals surface area contributed by atoms with E-state index in [0.29, 0.717) is 22.8 Å². The Morgan fingerprint density at radius 1 is 1.60 bits per heavy atom. The molecular weight excluding hydrogens is 282 g/mol. The van der Waals surface area contributed by atoms with Gasteiger partial charge in [-0.3, -0.25) is 4.79 Å². The number of nitrogens with one attached hydrogen (secondary N) is 1. The average molecular weight is 300 g/mol. The van der Waals surface area contributed by atoms with Crippen LogP contribution in [0.4, 0.5) is 0 Å². The minimum absolute atomic E-state index is 0.0406. The Morgan fingerprint density at radius 2 is 2.30 bits per heavy atom. The van der Waals surface area contributed by atoms with E-state index < -0.39 is 11.9 Å². The first-order valence-electron chi connectivity index (χ1n) is 6.15. The normalized spacial score (nSPS) is 12.8. The molecule has 7 heteroatoms. The average Bonchev–Trinajstić information content (AvgIpc) is 2.45. The number of hydrogen-bond donors (Lipinski definition) is 3. The van der Waals surface area contributed by atoms with Gasteiger partial charge in [0.05, 0.1) is 18.7 Å². The van der Waals surface area contributed by atoms with Gasteiger partial charge in [0.2, 0.25) is 0 Å². The fourth-order valence-electron chi connectivity index (χ4n) is 1.75. The van der Waals surface area contributed by atoms with Crippen LogP contribution in [0.3, 0.4) is 0 Å². The number of hydrogen-bond acceptors (Lipinski definition) is 4. The van der Waals surface area contributed by atoms with Crippen LogP contribution >= 0.6 is 11.6 Å². The lowest BCUT2D eigenvalue weighted by Gasteiger charge is -2.17. The van der Waals surface area contributed by atoms with Gasteiger partial charge in [0.25, 0.3) is 5.91 Å². The molecule has 0 aliphatic carbocycles. The van der Waals surface area contributed by atoms with E-state index in [1.165, 1.54) is 13.2 Å². The minimum Gasteiger partial charge on any atom is -0.496 e. The van der Waals surface area contributed by atoms with Crippen LogP contribution in [0.15, 0.2) is 23.4 Å². The molecule has 0 saturated heterocycles. The Hall–Kier alpha value is -1.95. The van der Waals surface area contributed by atoms with Gasteiger partial charge in [-0.2, -0.15) is 0 Å². The largest absolute Gasteiger partial charge is 0.496 e. The molecule has 0 bridgehead atoms. The fraction of sp³-hybridized carbons (Fsp3) is 0.385. The van der Waals surface area contributed by atoms with Crippen molar-refractivity contribution >= 4 is 23.3 Å². The molecule has 0 aromatic heterocycles. The summed E-state index contributed by atoms with van der Waals surface area (Å²) in [4.78, 5) is 12.2. The highest BCUT2D eigenvalue weighted by atomic mass is 35.5. The van der Waals surface area contributed by atoms with E-state index in [9.17, 15) is 4.79 Å². The van der Waals surface area contributed by atoms with Gasteiger partial charge in [-0.15, -0.1) is 0 Å². The van der Waals surface area contributed by atoms with Gasteiger partial charge < -0.3 is 21.0 Å². The summed E-state index contributed by atoms with van der Waals surface area (Å²) in [6.45, 7) is 1.93. The summed E-state index contributed by atoms with van der Waals surface area (Å²) >= 11 is 5.88. The molecule has 0 saturated carbocycles. The van der Waals surface area contributed by atoms with Crippen LogP contribution in [-0.4, -0.2) is 30.1 Å². The molecule has 0 spiro atoms. The first-order chi connectivity index (χ1) is 9.53. The maximum absolute atomic E-state index is 12.2. The zero-order chi connectivity index (χ0) is 15.1. The maximum atomic E-state index is 12.2. The Labute approximate surface area is 122 Å². The fourth-order valence-corrected chi connectivity index (χ4v) is 1.92. The van der Waals surface area contributed by atoms with E-state index in [1.807, 2.05) is 6.92 Å². The van der Waals surface area contributed by atoms with Crippen molar-refractivity contribution in [2.45, 2.75) is 25.8 Å². The molecule has 4 N–H and O–H groups in total. The number of nitrogens with zero attached hydrogens (tertiary/aromatic N) is 1. The molecule has 20 heavy (non-hydrogen) atoms. The van der Waals surface area contributed by atoms with Gasteiger partial charge in [-0.05, 0) is 24.6 Å². The van der Waals surface area contributed by atoms with Crippen LogP contribution in [0.1, 0.15) is 30.1 Å². The standard InChI is InChI=1S/C13H18ClN3O3/c1-3-4-10(12(15)17-19)16-13(18)9-7-8(14)5-6-11(9)20-2/h5-7,10,19H,3-4H2,1-2H3,(H2,15,17)(H,16,18). The van der Waals surface area contributed by atoms with E-state index >= 15 is 0 Å². The van der Waals surface area contributed by atoms with Gasteiger partial charge in [-0.1, -0.05) is 30.1 Å². The molecule has 0 heterocycles. The van der Waals surface area contributed by atoms with Gasteiger partial charge >= 0.3 is 0 Å². The smallest absolute Gasteiger partial charge is 0.255 e. The summed E-state index contributed by atoms with van der Waals surface area (Å²) in [5.41, 5.74) is 5.86. The molecule has 1 amide bonds. The summed E-state index contributed by atoms with van der Waals surface area (Å²) < 4.78 is 5.12. The van der Waals surface area contributed by atoms with Crippen LogP contribution in [0, 0.1) is 0 Å². The quantitative estimate of drug-likeness (QED) is 0.324. The summed E-state index contributed by atoms with van der Waals surface area (Å²) in [5, 5.41) is 14.8. The van der Waals surface area contributed by atoms with Crippen LogP contribution in [-0.2, 0) is 0 Å². The molecule has 0 aliphatic heterocycles. The Morgan fingerprint density at radius 3 is 2.85 bits per heavy atom. The number of nitrogens with two attached hydrogens (primary N) is 1. The Bertz CT molecular complexity index is 506. The third kappa shape index (κ3) is 4.03. The summed E-state index contributed by atoms with van der Waals surface area (Å²) in [6.07, 6.45) is 1.33. The van der Waals surface area contributed by atoms with Crippen LogP contribution in [0.5, 0.6) is 5.75 Å². The van der Waals surface area contributed by atoms with E-state index in [2.05, 4.69) is 10.5 Å². The third-order valence-electron chi connectivity index (χ3n) is 2.76. The zero-order valence-electron chi connectivity index (χ0n) is 11.4. The minimum atomic E-state index is -0.541. The lowest BCUT2D eigenvalue weighted by atomic mass is 10.1. The molecular formula is C13H18ClN3O3. The molecule has 6 nitrogen and oxygen atoms in total. The molecule has 1 rings (SSSR count). The van der Waals surface area contributed by atoms with Crippen molar-refractivity contribution in [1.82, 2.24) is 5.32 Å². The number of benzene rings is 1. The van der Waals surface area contributed by atoms with Crippen LogP contribution in [0.2, 0.25) is 5.02 Å². The van der Waals surface area contributed by atoms with Crippen molar-refractivity contribution in [3.8, 4) is 5.75 Å². The number of oxime groups is 1. The summed E-state index contributed by atoms with van der Waals surface area (Å²) in [6, 6.07) is 4.20. The monoisotopic (exact) mass is 299 g/mol. The second-order valence-electron chi connectivity index (χ2n) is 4.18. The first-order valence-corrected chi connectivity index (χ1v) is 6.53. The predicted molar refractivity (Wildman–Crippen MR) is 77.6 cm³/mol. The third-order valence-corrected chi connectivity index (χ3v) is 3.00. The lowest BCUT2D eigenvalue weighted by molar-refractivity contribution is 0.0942. The van der Waals surface area contributed by atoms with E-state index in [4.69, 9.17) is 27.3 Å². The highest BCUT2D eigenvalue weighted by Gasteiger charge is 2.19. The number of carbonyl (C=O) groups is 1. The number of carbonyl (C=O) groups excluding carboxylic acids is 1. The second kappa shape index (κ2) is 7.59. The van der Waals surface area contributed by atoms with Gasteiger partial charge in [0.1, 0.15) is 5.75 Å². The summed E-state index contributed by atoms with van der Waals surface area (Å²) in [7, 11) is 1.47. The van der Waals surface area contributed by atoms with Crippen molar-refractivity contribution < 1.29 is 14.7 Å². The number of amides is 1. The molecule has 0 radical (unpaired) electrons. The molecule has 110 valence electrons.